The number of halogens is 1. The van der Waals surface area contributed by atoms with Crippen LogP contribution in [-0.4, -0.2) is 27.1 Å². The molecule has 1 aromatic heterocycles. The van der Waals surface area contributed by atoms with E-state index in [-0.39, 0.29) is 23.2 Å². The van der Waals surface area contributed by atoms with Gasteiger partial charge in [0.05, 0.1) is 23.0 Å². The Morgan fingerprint density at radius 2 is 2.04 bits per heavy atom. The van der Waals surface area contributed by atoms with Crippen LogP contribution in [0.3, 0.4) is 0 Å². The highest BCUT2D eigenvalue weighted by atomic mass is 19.1. The average molecular weight is 309 g/mol. The van der Waals surface area contributed by atoms with E-state index in [2.05, 4.69) is 10.1 Å². The normalized spacial score (nSPS) is 18.7. The van der Waals surface area contributed by atoms with Gasteiger partial charge in [0.25, 0.3) is 5.56 Å². The van der Waals surface area contributed by atoms with Crippen LogP contribution in [-0.2, 0) is 0 Å². The van der Waals surface area contributed by atoms with Crippen LogP contribution in [0.15, 0.2) is 64.2 Å². The maximum absolute atomic E-state index is 13.7. The molecule has 1 aliphatic heterocycles. The van der Waals surface area contributed by atoms with Gasteiger partial charge in [0.2, 0.25) is 0 Å². The van der Waals surface area contributed by atoms with Crippen LogP contribution in [0.1, 0.15) is 11.3 Å². The first-order valence-electron chi connectivity index (χ1n) is 7.07. The number of hydrogen-bond donors (Lipinski definition) is 2. The standard InChI is InChI=1S/C17H12FN3O2/c18-11-1-2-12-8-10(7-11)16-15(9-19-12)17(23)21(20-16)13-3-5-14(22)6-4-13/h1-9,12,20,22H. The fourth-order valence-corrected chi connectivity index (χ4v) is 2.66. The number of aromatic amines is 1. The maximum Gasteiger partial charge on any atom is 0.280 e. The Kier molecular flexibility index (Phi) is 2.90. The largest absolute Gasteiger partial charge is 0.508 e. The summed E-state index contributed by atoms with van der Waals surface area (Å²) in [5, 5.41) is 12.4. The summed E-state index contributed by atoms with van der Waals surface area (Å²) >= 11 is 0. The van der Waals surface area contributed by atoms with E-state index in [9.17, 15) is 14.3 Å². The second kappa shape index (κ2) is 4.95. The predicted molar refractivity (Wildman–Crippen MR) is 85.7 cm³/mol. The smallest absolute Gasteiger partial charge is 0.280 e. The molecule has 1 unspecified atom stereocenters. The number of phenolic OH excluding ortho intramolecular Hbond substituents is 1. The molecule has 0 saturated heterocycles. The van der Waals surface area contributed by atoms with Crippen molar-refractivity contribution in [1.82, 2.24) is 9.78 Å². The summed E-state index contributed by atoms with van der Waals surface area (Å²) in [7, 11) is 0. The molecule has 6 heteroatoms. The summed E-state index contributed by atoms with van der Waals surface area (Å²) in [6.45, 7) is 0. The van der Waals surface area contributed by atoms with Crippen LogP contribution in [0.2, 0.25) is 0 Å². The summed E-state index contributed by atoms with van der Waals surface area (Å²) < 4.78 is 15.1. The first-order chi connectivity index (χ1) is 11.1. The minimum Gasteiger partial charge on any atom is -0.508 e. The van der Waals surface area contributed by atoms with Gasteiger partial charge in [0.1, 0.15) is 11.6 Å². The molecule has 1 aromatic carbocycles. The van der Waals surface area contributed by atoms with Crippen molar-refractivity contribution in [3.63, 3.8) is 0 Å². The summed E-state index contributed by atoms with van der Waals surface area (Å²) in [6, 6.07) is 5.92. The zero-order chi connectivity index (χ0) is 16.0. The van der Waals surface area contributed by atoms with Crippen molar-refractivity contribution in [2.75, 3.05) is 0 Å². The number of aliphatic imine (C=N–C) groups is 1. The van der Waals surface area contributed by atoms with Gasteiger partial charge in [0.15, 0.2) is 0 Å². The Balaban J connectivity index is 1.91. The van der Waals surface area contributed by atoms with Gasteiger partial charge in [-0.25, -0.2) is 9.07 Å². The van der Waals surface area contributed by atoms with Gasteiger partial charge in [-0.1, -0.05) is 6.08 Å². The van der Waals surface area contributed by atoms with Gasteiger partial charge >= 0.3 is 0 Å². The van der Waals surface area contributed by atoms with Gasteiger partial charge in [-0.2, -0.15) is 0 Å². The quantitative estimate of drug-likeness (QED) is 0.849. The second-order valence-electron chi connectivity index (χ2n) is 5.34. The monoisotopic (exact) mass is 309 g/mol. The topological polar surface area (TPSA) is 70.4 Å². The minimum absolute atomic E-state index is 0.113. The van der Waals surface area contributed by atoms with E-state index < -0.39 is 0 Å². The van der Waals surface area contributed by atoms with Crippen molar-refractivity contribution >= 4 is 11.8 Å². The molecule has 2 N–H and O–H groups in total. The number of allylic oxidation sites excluding steroid dienone is 4. The van der Waals surface area contributed by atoms with Crippen molar-refractivity contribution < 1.29 is 9.50 Å². The molecule has 2 bridgehead atoms. The summed E-state index contributed by atoms with van der Waals surface area (Å²) in [5.41, 5.74) is 1.78. The number of phenols is 1. The van der Waals surface area contributed by atoms with E-state index in [0.29, 0.717) is 22.5 Å². The number of aromatic nitrogens is 2. The second-order valence-corrected chi connectivity index (χ2v) is 5.34. The Labute approximate surface area is 130 Å². The number of aromatic hydroxyl groups is 1. The number of rotatable bonds is 1. The third-order valence-electron chi connectivity index (χ3n) is 3.80. The predicted octanol–water partition coefficient (Wildman–Crippen LogP) is 2.48. The molecule has 4 rings (SSSR count). The van der Waals surface area contributed by atoms with Crippen LogP contribution >= 0.6 is 0 Å². The van der Waals surface area contributed by atoms with E-state index in [0.717, 1.165) is 0 Å². The average Bonchev–Trinajstić information content (AvgIpc) is 2.68. The van der Waals surface area contributed by atoms with Crippen LogP contribution in [0.5, 0.6) is 5.75 Å². The molecule has 23 heavy (non-hydrogen) atoms. The first kappa shape index (κ1) is 13.5. The highest BCUT2D eigenvalue weighted by Gasteiger charge is 2.21. The summed E-state index contributed by atoms with van der Waals surface area (Å²) in [6.07, 6.45) is 7.69. The lowest BCUT2D eigenvalue weighted by Gasteiger charge is -2.03. The fourth-order valence-electron chi connectivity index (χ4n) is 2.66. The van der Waals surface area contributed by atoms with Gasteiger partial charge in [-0.05, 0) is 42.5 Å². The van der Waals surface area contributed by atoms with Gasteiger partial charge in [0, 0.05) is 11.8 Å². The third-order valence-corrected chi connectivity index (χ3v) is 3.80. The van der Waals surface area contributed by atoms with Crippen molar-refractivity contribution in [2.45, 2.75) is 6.04 Å². The number of nitrogens with zero attached hydrogens (tertiary/aromatic N) is 2. The van der Waals surface area contributed by atoms with E-state index in [1.165, 1.54) is 35.2 Å². The van der Waals surface area contributed by atoms with E-state index in [4.69, 9.17) is 0 Å². The Morgan fingerprint density at radius 1 is 1.26 bits per heavy atom. The third kappa shape index (κ3) is 2.24. The molecular weight excluding hydrogens is 297 g/mol. The molecule has 2 heterocycles. The number of benzene rings is 1. The molecule has 2 aliphatic rings. The number of hydrogen-bond acceptors (Lipinski definition) is 3. The zero-order valence-corrected chi connectivity index (χ0v) is 11.9. The fraction of sp³-hybridized carbons (Fsp3) is 0.0588. The Morgan fingerprint density at radius 3 is 2.83 bits per heavy atom. The van der Waals surface area contributed by atoms with Crippen LogP contribution in [0.4, 0.5) is 4.39 Å². The summed E-state index contributed by atoms with van der Waals surface area (Å²) in [4.78, 5) is 16.9. The lowest BCUT2D eigenvalue weighted by atomic mass is 10.1. The molecule has 1 atom stereocenters. The number of fused-ring (bicyclic) bond motifs is 3. The number of H-pyrrole nitrogens is 1. The van der Waals surface area contributed by atoms with Gasteiger partial charge < -0.3 is 5.11 Å². The van der Waals surface area contributed by atoms with Crippen molar-refractivity contribution in [1.29, 1.82) is 0 Å². The molecule has 0 saturated carbocycles. The number of nitrogens with one attached hydrogen (secondary N) is 1. The maximum atomic E-state index is 13.7. The highest BCUT2D eigenvalue weighted by molar-refractivity contribution is 5.91. The molecule has 0 amide bonds. The lowest BCUT2D eigenvalue weighted by molar-refractivity contribution is 0.475. The van der Waals surface area contributed by atoms with Crippen molar-refractivity contribution in [2.24, 2.45) is 4.99 Å². The van der Waals surface area contributed by atoms with E-state index in [1.807, 2.05) is 0 Å². The zero-order valence-electron chi connectivity index (χ0n) is 11.9. The van der Waals surface area contributed by atoms with Gasteiger partial charge in [-0.3, -0.25) is 14.9 Å². The molecule has 1 aliphatic carbocycles. The molecule has 0 fully saturated rings. The molecule has 114 valence electrons. The van der Waals surface area contributed by atoms with E-state index >= 15 is 0 Å². The Hall–Kier alpha value is -3.15. The Bertz CT molecular complexity index is 959. The first-order valence-corrected chi connectivity index (χ1v) is 7.07. The van der Waals surface area contributed by atoms with Crippen LogP contribution < -0.4 is 5.56 Å². The molecular formula is C17H12FN3O2. The van der Waals surface area contributed by atoms with E-state index in [1.54, 1.807) is 24.3 Å². The lowest BCUT2D eigenvalue weighted by Crippen LogP contribution is -2.17. The summed E-state index contributed by atoms with van der Waals surface area (Å²) in [5.74, 6) is -0.276. The van der Waals surface area contributed by atoms with Gasteiger partial charge in [-0.15, -0.1) is 0 Å². The molecule has 0 radical (unpaired) electrons. The highest BCUT2D eigenvalue weighted by Crippen LogP contribution is 2.26. The molecule has 0 spiro atoms. The van der Waals surface area contributed by atoms with Crippen LogP contribution in [0, 0.1) is 0 Å². The molecule has 2 aromatic rings. The minimum atomic E-state index is -0.389. The van der Waals surface area contributed by atoms with Crippen LogP contribution in [0.25, 0.3) is 11.3 Å². The van der Waals surface area contributed by atoms with Crippen molar-refractivity contribution in [3.8, 4) is 11.4 Å². The van der Waals surface area contributed by atoms with Crippen molar-refractivity contribution in [3.05, 3.63) is 76.0 Å². The molecule has 5 nitrogen and oxygen atoms in total. The SMILES string of the molecule is O=c1c2c([nH]n1-c1ccc(O)cc1)C1=CC(C=CC(F)=C1)N=C2.